The third-order valence-electron chi connectivity index (χ3n) is 4.28. The zero-order valence-electron chi connectivity index (χ0n) is 14.3. The Morgan fingerprint density at radius 2 is 1.96 bits per heavy atom. The maximum absolute atomic E-state index is 12.9. The first-order chi connectivity index (χ1) is 11.0. The van der Waals surface area contributed by atoms with Gasteiger partial charge in [0, 0.05) is 17.4 Å². The van der Waals surface area contributed by atoms with Gasteiger partial charge in [0.2, 0.25) is 5.91 Å². The van der Waals surface area contributed by atoms with Crippen LogP contribution in [0.15, 0.2) is 24.3 Å². The topological polar surface area (TPSA) is 49.4 Å². The van der Waals surface area contributed by atoms with Gasteiger partial charge in [-0.05, 0) is 38.8 Å². The Kier molecular flexibility index (Phi) is 6.10. The Labute approximate surface area is 143 Å². The van der Waals surface area contributed by atoms with E-state index in [4.69, 9.17) is 0 Å². The summed E-state index contributed by atoms with van der Waals surface area (Å²) in [5.74, 6) is 0.577. The molecule has 1 heterocycles. The van der Waals surface area contributed by atoms with E-state index in [2.05, 4.69) is 12.2 Å². The molecule has 3 unspecified atom stereocenters. The van der Waals surface area contributed by atoms with Crippen molar-refractivity contribution in [2.75, 3.05) is 5.75 Å². The second-order valence-electron chi connectivity index (χ2n) is 6.11. The number of aryl methyl sites for hydroxylation is 1. The smallest absolute Gasteiger partial charge is 0.255 e. The lowest BCUT2D eigenvalue weighted by Crippen LogP contribution is -2.51. The van der Waals surface area contributed by atoms with E-state index in [1.807, 2.05) is 45.0 Å². The normalized spacial score (nSPS) is 22.0. The van der Waals surface area contributed by atoms with Crippen molar-refractivity contribution in [3.05, 3.63) is 35.4 Å². The number of thioether (sulfide) groups is 1. The average Bonchev–Trinajstić information content (AvgIpc) is 2.98. The van der Waals surface area contributed by atoms with E-state index in [-0.39, 0.29) is 29.3 Å². The number of rotatable bonds is 5. The van der Waals surface area contributed by atoms with Crippen LogP contribution in [0, 0.1) is 6.92 Å². The van der Waals surface area contributed by atoms with Gasteiger partial charge in [0.05, 0.1) is 5.37 Å². The van der Waals surface area contributed by atoms with Gasteiger partial charge in [0.25, 0.3) is 5.91 Å². The Hall–Kier alpha value is -1.49. The highest BCUT2D eigenvalue weighted by molar-refractivity contribution is 8.00. The second-order valence-corrected chi connectivity index (χ2v) is 7.32. The summed E-state index contributed by atoms with van der Waals surface area (Å²) >= 11 is 1.69. The molecule has 0 aliphatic carbocycles. The zero-order chi connectivity index (χ0) is 17.0. The maximum atomic E-state index is 12.9. The molecular formula is C18H26N2O2S. The summed E-state index contributed by atoms with van der Waals surface area (Å²) in [5.41, 5.74) is 1.77. The summed E-state index contributed by atoms with van der Waals surface area (Å²) in [6.45, 7) is 8.08. The number of nitrogens with zero attached hydrogens (tertiary/aromatic N) is 1. The van der Waals surface area contributed by atoms with Crippen molar-refractivity contribution in [3.8, 4) is 0 Å². The van der Waals surface area contributed by atoms with Gasteiger partial charge in [-0.25, -0.2) is 0 Å². The third-order valence-corrected chi connectivity index (χ3v) is 5.73. The summed E-state index contributed by atoms with van der Waals surface area (Å²) in [4.78, 5) is 27.3. The fourth-order valence-corrected chi connectivity index (χ4v) is 3.99. The Morgan fingerprint density at radius 3 is 2.52 bits per heavy atom. The molecule has 3 atom stereocenters. The highest BCUT2D eigenvalue weighted by Crippen LogP contribution is 2.32. The first-order valence-corrected chi connectivity index (χ1v) is 9.34. The lowest BCUT2D eigenvalue weighted by Gasteiger charge is -2.29. The van der Waals surface area contributed by atoms with Gasteiger partial charge in [-0.1, -0.05) is 31.5 Å². The SMILES string of the molecule is CCC(C)NC(=O)C1CSC(CC)N1C(=O)c1ccc(C)cc1. The largest absolute Gasteiger partial charge is 0.352 e. The van der Waals surface area contributed by atoms with Crippen molar-refractivity contribution in [2.45, 2.75) is 58.0 Å². The molecule has 2 amide bonds. The molecular weight excluding hydrogens is 308 g/mol. The molecule has 1 aromatic carbocycles. The molecule has 1 N–H and O–H groups in total. The quantitative estimate of drug-likeness (QED) is 0.899. The van der Waals surface area contributed by atoms with Crippen LogP contribution in [-0.4, -0.2) is 39.9 Å². The van der Waals surface area contributed by atoms with Gasteiger partial charge >= 0.3 is 0 Å². The fourth-order valence-electron chi connectivity index (χ4n) is 2.64. The van der Waals surface area contributed by atoms with Gasteiger partial charge in [-0.3, -0.25) is 9.59 Å². The molecule has 126 valence electrons. The Morgan fingerprint density at radius 1 is 1.30 bits per heavy atom. The maximum Gasteiger partial charge on any atom is 0.255 e. The van der Waals surface area contributed by atoms with E-state index >= 15 is 0 Å². The van der Waals surface area contributed by atoms with Crippen LogP contribution in [0.3, 0.4) is 0 Å². The summed E-state index contributed by atoms with van der Waals surface area (Å²) in [6, 6.07) is 7.31. The molecule has 1 saturated heterocycles. The lowest BCUT2D eigenvalue weighted by atomic mass is 10.1. The minimum atomic E-state index is -0.382. The van der Waals surface area contributed by atoms with E-state index in [0.29, 0.717) is 11.3 Å². The fraction of sp³-hybridized carbons (Fsp3) is 0.556. The summed E-state index contributed by atoms with van der Waals surface area (Å²) in [7, 11) is 0. The minimum Gasteiger partial charge on any atom is -0.352 e. The first-order valence-electron chi connectivity index (χ1n) is 8.29. The standard InChI is InChI=1S/C18H26N2O2S/c1-5-13(4)19-17(21)15-11-23-16(6-2)20(15)18(22)14-9-7-12(3)8-10-14/h7-10,13,15-16H,5-6,11H2,1-4H3,(H,19,21). The van der Waals surface area contributed by atoms with Gasteiger partial charge in [0.1, 0.15) is 6.04 Å². The van der Waals surface area contributed by atoms with Gasteiger partial charge < -0.3 is 10.2 Å². The molecule has 0 bridgehead atoms. The monoisotopic (exact) mass is 334 g/mol. The van der Waals surface area contributed by atoms with Gasteiger partial charge in [-0.15, -0.1) is 11.8 Å². The first kappa shape index (κ1) is 17.9. The molecule has 0 aromatic heterocycles. The minimum absolute atomic E-state index is 0.0386. The van der Waals surface area contributed by atoms with Crippen LogP contribution < -0.4 is 5.32 Å². The van der Waals surface area contributed by atoms with Crippen molar-refractivity contribution in [1.82, 2.24) is 10.2 Å². The van der Waals surface area contributed by atoms with Crippen LogP contribution in [0.4, 0.5) is 0 Å². The number of carbonyl (C=O) groups is 2. The number of benzene rings is 1. The highest BCUT2D eigenvalue weighted by atomic mass is 32.2. The molecule has 1 aliphatic rings. The highest BCUT2D eigenvalue weighted by Gasteiger charge is 2.41. The van der Waals surface area contributed by atoms with E-state index in [1.54, 1.807) is 16.7 Å². The summed E-state index contributed by atoms with van der Waals surface area (Å²) < 4.78 is 0. The van der Waals surface area contributed by atoms with E-state index in [9.17, 15) is 9.59 Å². The molecule has 1 aliphatic heterocycles. The molecule has 4 nitrogen and oxygen atoms in total. The number of hydrogen-bond donors (Lipinski definition) is 1. The molecule has 1 aromatic rings. The molecule has 23 heavy (non-hydrogen) atoms. The van der Waals surface area contributed by atoms with Crippen molar-refractivity contribution in [2.24, 2.45) is 0 Å². The van der Waals surface area contributed by atoms with Crippen LogP contribution >= 0.6 is 11.8 Å². The van der Waals surface area contributed by atoms with Crippen molar-refractivity contribution in [1.29, 1.82) is 0 Å². The van der Waals surface area contributed by atoms with Crippen LogP contribution in [0.1, 0.15) is 49.5 Å². The molecule has 1 fully saturated rings. The van der Waals surface area contributed by atoms with Gasteiger partial charge in [-0.2, -0.15) is 0 Å². The molecule has 0 saturated carbocycles. The number of hydrogen-bond acceptors (Lipinski definition) is 3. The Bertz CT molecular complexity index is 559. The molecule has 0 spiro atoms. The molecule has 0 radical (unpaired) electrons. The Balaban J connectivity index is 2.21. The molecule has 2 rings (SSSR count). The van der Waals surface area contributed by atoms with Crippen molar-refractivity contribution in [3.63, 3.8) is 0 Å². The molecule has 5 heteroatoms. The van der Waals surface area contributed by atoms with Gasteiger partial charge in [0.15, 0.2) is 0 Å². The third kappa shape index (κ3) is 4.08. The number of carbonyl (C=O) groups excluding carboxylic acids is 2. The van der Waals surface area contributed by atoms with E-state index < -0.39 is 0 Å². The van der Waals surface area contributed by atoms with Crippen LogP contribution in [0.2, 0.25) is 0 Å². The van der Waals surface area contributed by atoms with Crippen LogP contribution in [0.25, 0.3) is 0 Å². The predicted octanol–water partition coefficient (Wildman–Crippen LogP) is 3.20. The lowest BCUT2D eigenvalue weighted by molar-refractivity contribution is -0.125. The van der Waals surface area contributed by atoms with E-state index in [1.165, 1.54) is 0 Å². The number of amides is 2. The van der Waals surface area contributed by atoms with E-state index in [0.717, 1.165) is 18.4 Å². The zero-order valence-corrected chi connectivity index (χ0v) is 15.2. The summed E-state index contributed by atoms with van der Waals surface area (Å²) in [6.07, 6.45) is 1.73. The summed E-state index contributed by atoms with van der Waals surface area (Å²) in [5, 5.41) is 3.08. The average molecular weight is 334 g/mol. The second kappa shape index (κ2) is 7.86. The van der Waals surface area contributed by atoms with Crippen molar-refractivity contribution >= 4 is 23.6 Å². The number of nitrogens with one attached hydrogen (secondary N) is 1. The van der Waals surface area contributed by atoms with Crippen molar-refractivity contribution < 1.29 is 9.59 Å². The van der Waals surface area contributed by atoms with Crippen LogP contribution in [-0.2, 0) is 4.79 Å². The van der Waals surface area contributed by atoms with Crippen LogP contribution in [0.5, 0.6) is 0 Å². The predicted molar refractivity (Wildman–Crippen MR) is 95.6 cm³/mol.